The lowest BCUT2D eigenvalue weighted by molar-refractivity contribution is 0.00683. The molecule has 0 bridgehead atoms. The van der Waals surface area contributed by atoms with Crippen molar-refractivity contribution < 1.29 is 5.11 Å². The quantitative estimate of drug-likeness (QED) is 0.455. The van der Waals surface area contributed by atoms with E-state index in [1.54, 1.807) is 13.0 Å². The molecular formula is C12H17Cl3N2O. The Balaban J connectivity index is 0.00000162. The third-order valence-corrected chi connectivity index (χ3v) is 4.65. The fourth-order valence-electron chi connectivity index (χ4n) is 2.14. The molecule has 0 spiro atoms. The number of rotatable bonds is 4. The van der Waals surface area contributed by atoms with Gasteiger partial charge in [0.05, 0.1) is 10.9 Å². The molecule has 1 saturated carbocycles. The van der Waals surface area contributed by atoms with Gasteiger partial charge in [-0.05, 0) is 31.4 Å². The SMILES string of the molecule is CC(O)(C(NN)c1ccccc1Cl)C1(Cl)CC1.Cl. The number of hydrazine groups is 1. The molecule has 0 aromatic heterocycles. The van der Waals surface area contributed by atoms with E-state index in [0.717, 1.165) is 18.4 Å². The van der Waals surface area contributed by atoms with Gasteiger partial charge in [-0.15, -0.1) is 24.0 Å². The normalized spacial score (nSPS) is 21.6. The zero-order valence-corrected chi connectivity index (χ0v) is 12.3. The van der Waals surface area contributed by atoms with E-state index in [1.165, 1.54) is 0 Å². The molecule has 2 atom stereocenters. The molecule has 1 aromatic carbocycles. The van der Waals surface area contributed by atoms with E-state index in [1.807, 2.05) is 18.2 Å². The molecule has 4 N–H and O–H groups in total. The highest BCUT2D eigenvalue weighted by Gasteiger charge is 2.58. The third kappa shape index (κ3) is 2.62. The zero-order chi connectivity index (χ0) is 12.7. The van der Waals surface area contributed by atoms with Crippen molar-refractivity contribution in [1.82, 2.24) is 5.43 Å². The average molecular weight is 312 g/mol. The minimum absolute atomic E-state index is 0. The van der Waals surface area contributed by atoms with E-state index in [-0.39, 0.29) is 12.4 Å². The molecule has 102 valence electrons. The second-order valence-corrected chi connectivity index (χ2v) is 5.86. The van der Waals surface area contributed by atoms with E-state index < -0.39 is 16.5 Å². The zero-order valence-electron chi connectivity index (χ0n) is 9.99. The molecule has 1 aliphatic rings. The summed E-state index contributed by atoms with van der Waals surface area (Å²) in [5, 5.41) is 11.2. The molecule has 2 rings (SSSR count). The minimum atomic E-state index is -1.14. The highest BCUT2D eigenvalue weighted by molar-refractivity contribution is 6.31. The van der Waals surface area contributed by atoms with Crippen molar-refractivity contribution in [3.8, 4) is 0 Å². The van der Waals surface area contributed by atoms with Gasteiger partial charge in [0.2, 0.25) is 0 Å². The van der Waals surface area contributed by atoms with Crippen molar-refractivity contribution in [2.45, 2.75) is 36.3 Å². The first kappa shape index (κ1) is 16.0. The standard InChI is InChI=1S/C12H16Cl2N2O.ClH/c1-11(17,12(14)6-7-12)10(16-15)8-4-2-3-5-9(8)13;/h2-5,10,16-17H,6-7,15H2,1H3;1H. The summed E-state index contributed by atoms with van der Waals surface area (Å²) in [6.45, 7) is 1.70. The Bertz CT molecular complexity index is 422. The summed E-state index contributed by atoms with van der Waals surface area (Å²) in [7, 11) is 0. The molecule has 18 heavy (non-hydrogen) atoms. The van der Waals surface area contributed by atoms with Gasteiger partial charge < -0.3 is 5.11 Å². The average Bonchev–Trinajstić information content (AvgIpc) is 3.02. The van der Waals surface area contributed by atoms with Crippen LogP contribution in [0.15, 0.2) is 24.3 Å². The van der Waals surface area contributed by atoms with Gasteiger partial charge in [0, 0.05) is 5.02 Å². The molecular weight excluding hydrogens is 295 g/mol. The molecule has 0 amide bonds. The lowest BCUT2D eigenvalue weighted by Gasteiger charge is -2.37. The van der Waals surface area contributed by atoms with Crippen molar-refractivity contribution >= 4 is 35.6 Å². The lowest BCUT2D eigenvalue weighted by atomic mass is 9.86. The summed E-state index contributed by atoms with van der Waals surface area (Å²) < 4.78 is 0. The van der Waals surface area contributed by atoms with Crippen LogP contribution in [0.25, 0.3) is 0 Å². The van der Waals surface area contributed by atoms with E-state index in [9.17, 15) is 5.11 Å². The smallest absolute Gasteiger partial charge is 0.102 e. The number of hydrogen-bond acceptors (Lipinski definition) is 3. The van der Waals surface area contributed by atoms with E-state index in [2.05, 4.69) is 5.43 Å². The first-order chi connectivity index (χ1) is 7.92. The Morgan fingerprint density at radius 2 is 2.00 bits per heavy atom. The van der Waals surface area contributed by atoms with E-state index >= 15 is 0 Å². The lowest BCUT2D eigenvalue weighted by Crippen LogP contribution is -2.51. The second-order valence-electron chi connectivity index (χ2n) is 4.73. The van der Waals surface area contributed by atoms with E-state index in [0.29, 0.717) is 5.02 Å². The van der Waals surface area contributed by atoms with Gasteiger partial charge in [-0.25, -0.2) is 5.43 Å². The van der Waals surface area contributed by atoms with Crippen LogP contribution in [0.3, 0.4) is 0 Å². The van der Waals surface area contributed by atoms with Gasteiger partial charge in [-0.1, -0.05) is 29.8 Å². The monoisotopic (exact) mass is 310 g/mol. The summed E-state index contributed by atoms with van der Waals surface area (Å²) in [5.74, 6) is 5.56. The van der Waals surface area contributed by atoms with Gasteiger partial charge in [0.15, 0.2) is 0 Å². The second kappa shape index (κ2) is 5.53. The maximum Gasteiger partial charge on any atom is 0.102 e. The number of benzene rings is 1. The maximum atomic E-state index is 10.6. The molecule has 0 saturated heterocycles. The van der Waals surface area contributed by atoms with Crippen LogP contribution in [0.2, 0.25) is 5.02 Å². The summed E-state index contributed by atoms with van der Waals surface area (Å²) in [6.07, 6.45) is 1.56. The summed E-state index contributed by atoms with van der Waals surface area (Å²) in [4.78, 5) is -0.608. The minimum Gasteiger partial charge on any atom is -0.386 e. The largest absolute Gasteiger partial charge is 0.386 e. The first-order valence-corrected chi connectivity index (χ1v) is 6.30. The summed E-state index contributed by atoms with van der Waals surface area (Å²) in [5.41, 5.74) is 2.24. The number of nitrogens with one attached hydrogen (secondary N) is 1. The van der Waals surface area contributed by atoms with Crippen molar-refractivity contribution in [2.75, 3.05) is 0 Å². The highest BCUT2D eigenvalue weighted by atomic mass is 35.5. The summed E-state index contributed by atoms with van der Waals surface area (Å²) >= 11 is 12.4. The van der Waals surface area contributed by atoms with Crippen LogP contribution in [-0.2, 0) is 0 Å². The number of hydrogen-bond donors (Lipinski definition) is 3. The van der Waals surface area contributed by atoms with Crippen LogP contribution in [0, 0.1) is 0 Å². The van der Waals surface area contributed by atoms with Crippen molar-refractivity contribution in [3.05, 3.63) is 34.9 Å². The van der Waals surface area contributed by atoms with Crippen LogP contribution in [0.1, 0.15) is 31.4 Å². The Morgan fingerprint density at radius 3 is 2.44 bits per heavy atom. The Labute approximate surface area is 123 Å². The van der Waals surface area contributed by atoms with Crippen LogP contribution in [0.5, 0.6) is 0 Å². The van der Waals surface area contributed by atoms with Crippen LogP contribution >= 0.6 is 35.6 Å². The first-order valence-electron chi connectivity index (χ1n) is 5.54. The predicted octanol–water partition coefficient (Wildman–Crippen LogP) is 2.79. The van der Waals surface area contributed by atoms with E-state index in [4.69, 9.17) is 29.0 Å². The van der Waals surface area contributed by atoms with Crippen LogP contribution < -0.4 is 11.3 Å². The van der Waals surface area contributed by atoms with Gasteiger partial charge >= 0.3 is 0 Å². The van der Waals surface area contributed by atoms with Crippen molar-refractivity contribution in [1.29, 1.82) is 0 Å². The molecule has 0 heterocycles. The number of aliphatic hydroxyl groups is 1. The van der Waals surface area contributed by atoms with Crippen molar-refractivity contribution in [3.63, 3.8) is 0 Å². The molecule has 6 heteroatoms. The molecule has 3 nitrogen and oxygen atoms in total. The fourth-order valence-corrected chi connectivity index (χ4v) is 2.59. The number of halogens is 3. The number of nitrogens with two attached hydrogens (primary N) is 1. The van der Waals surface area contributed by atoms with Gasteiger partial charge in [-0.2, -0.15) is 0 Å². The Morgan fingerprint density at radius 1 is 1.44 bits per heavy atom. The maximum absolute atomic E-state index is 10.6. The predicted molar refractivity (Wildman–Crippen MR) is 77.2 cm³/mol. The summed E-state index contributed by atoms with van der Waals surface area (Å²) in [6, 6.07) is 6.81. The molecule has 1 aliphatic carbocycles. The molecule has 0 radical (unpaired) electrons. The molecule has 1 fully saturated rings. The fraction of sp³-hybridized carbons (Fsp3) is 0.500. The third-order valence-electron chi connectivity index (χ3n) is 3.54. The number of alkyl halides is 1. The molecule has 2 unspecified atom stereocenters. The Kier molecular flexibility index (Phi) is 4.93. The topological polar surface area (TPSA) is 58.3 Å². The van der Waals surface area contributed by atoms with Crippen molar-refractivity contribution in [2.24, 2.45) is 5.84 Å². The van der Waals surface area contributed by atoms with Crippen LogP contribution in [0.4, 0.5) is 0 Å². The van der Waals surface area contributed by atoms with Gasteiger partial charge in [0.25, 0.3) is 0 Å². The molecule has 1 aromatic rings. The highest BCUT2D eigenvalue weighted by Crippen LogP contribution is 2.55. The molecule has 0 aliphatic heterocycles. The Hall–Kier alpha value is -0.0300. The van der Waals surface area contributed by atoms with Gasteiger partial charge in [0.1, 0.15) is 5.60 Å². The van der Waals surface area contributed by atoms with Gasteiger partial charge in [-0.3, -0.25) is 5.84 Å². The van der Waals surface area contributed by atoms with Crippen LogP contribution in [-0.4, -0.2) is 15.6 Å².